The van der Waals surface area contributed by atoms with Crippen LogP contribution in [0, 0.1) is 0 Å². The number of carbonyl (C=O) groups is 2. The lowest BCUT2D eigenvalue weighted by atomic mass is 10.3. The molecule has 0 atom stereocenters. The van der Waals surface area contributed by atoms with Gasteiger partial charge in [0.25, 0.3) is 0 Å². The van der Waals surface area contributed by atoms with Gasteiger partial charge in [-0.1, -0.05) is 6.58 Å². The summed E-state index contributed by atoms with van der Waals surface area (Å²) in [7, 11) is 0. The van der Waals surface area contributed by atoms with Crippen molar-refractivity contribution in [3.8, 4) is 0 Å². The molecule has 0 radical (unpaired) electrons. The Bertz CT molecular complexity index is 232. The summed E-state index contributed by atoms with van der Waals surface area (Å²) in [6.45, 7) is 5.05. The number of carbonyl (C=O) groups excluding carboxylic acids is 1. The molecule has 1 rings (SSSR count). The minimum absolute atomic E-state index is 0.134. The van der Waals surface area contributed by atoms with Gasteiger partial charge in [0.05, 0.1) is 0 Å². The van der Waals surface area contributed by atoms with Crippen LogP contribution in [0.25, 0.3) is 0 Å². The van der Waals surface area contributed by atoms with E-state index in [1.165, 1.54) is 11.0 Å². The van der Waals surface area contributed by atoms with Crippen molar-refractivity contribution in [2.75, 3.05) is 26.2 Å². The van der Waals surface area contributed by atoms with Crippen LogP contribution in [0.15, 0.2) is 12.7 Å². The van der Waals surface area contributed by atoms with Gasteiger partial charge < -0.3 is 14.9 Å². The van der Waals surface area contributed by atoms with Crippen molar-refractivity contribution in [2.24, 2.45) is 0 Å². The molecule has 1 aliphatic heterocycles. The minimum atomic E-state index is -0.925. The number of amides is 2. The smallest absolute Gasteiger partial charge is 0.407 e. The van der Waals surface area contributed by atoms with Gasteiger partial charge in [0, 0.05) is 26.2 Å². The van der Waals surface area contributed by atoms with E-state index in [0.717, 1.165) is 0 Å². The maximum Gasteiger partial charge on any atom is 0.407 e. The summed E-state index contributed by atoms with van der Waals surface area (Å²) >= 11 is 0. The molecule has 5 nitrogen and oxygen atoms in total. The third-order valence-electron chi connectivity index (χ3n) is 2.04. The molecular formula is C8H12N2O3. The van der Waals surface area contributed by atoms with E-state index < -0.39 is 6.09 Å². The first kappa shape index (κ1) is 9.57. The van der Waals surface area contributed by atoms with E-state index in [9.17, 15) is 9.59 Å². The highest BCUT2D eigenvalue weighted by Crippen LogP contribution is 2.02. The average Bonchev–Trinajstić information content (AvgIpc) is 2.17. The van der Waals surface area contributed by atoms with Crippen LogP contribution < -0.4 is 0 Å². The van der Waals surface area contributed by atoms with E-state index in [1.807, 2.05) is 0 Å². The van der Waals surface area contributed by atoms with Crippen LogP contribution in [0.3, 0.4) is 0 Å². The SMILES string of the molecule is C=CC(=O)N1CCN(C(=O)O)CC1. The summed E-state index contributed by atoms with van der Waals surface area (Å²) in [6, 6.07) is 0. The molecule has 0 aromatic carbocycles. The van der Waals surface area contributed by atoms with Gasteiger partial charge in [0.2, 0.25) is 5.91 Å². The summed E-state index contributed by atoms with van der Waals surface area (Å²) in [5, 5.41) is 8.62. The van der Waals surface area contributed by atoms with Crippen LogP contribution in [0.4, 0.5) is 4.79 Å². The zero-order chi connectivity index (χ0) is 9.84. The zero-order valence-corrected chi connectivity index (χ0v) is 7.27. The van der Waals surface area contributed by atoms with Gasteiger partial charge >= 0.3 is 6.09 Å². The summed E-state index contributed by atoms with van der Waals surface area (Å²) < 4.78 is 0. The fraction of sp³-hybridized carbons (Fsp3) is 0.500. The van der Waals surface area contributed by atoms with E-state index in [0.29, 0.717) is 26.2 Å². The Morgan fingerprint density at radius 1 is 1.15 bits per heavy atom. The van der Waals surface area contributed by atoms with Crippen LogP contribution in [0.5, 0.6) is 0 Å². The number of rotatable bonds is 1. The standard InChI is InChI=1S/C8H12N2O3/c1-2-7(11)9-3-5-10(6-4-9)8(12)13/h2H,1,3-6H2,(H,12,13). The molecule has 72 valence electrons. The van der Waals surface area contributed by atoms with E-state index in [2.05, 4.69) is 6.58 Å². The summed E-state index contributed by atoms with van der Waals surface area (Å²) in [5.74, 6) is -0.134. The highest BCUT2D eigenvalue weighted by atomic mass is 16.4. The predicted molar refractivity (Wildman–Crippen MR) is 46.4 cm³/mol. The first-order chi connectivity index (χ1) is 6.15. The topological polar surface area (TPSA) is 60.9 Å². The van der Waals surface area contributed by atoms with Crippen molar-refractivity contribution >= 4 is 12.0 Å². The van der Waals surface area contributed by atoms with Crippen molar-refractivity contribution < 1.29 is 14.7 Å². The molecule has 0 saturated carbocycles. The third kappa shape index (κ3) is 2.21. The molecule has 0 bridgehead atoms. The van der Waals surface area contributed by atoms with E-state index in [4.69, 9.17) is 5.11 Å². The second-order valence-corrected chi connectivity index (χ2v) is 2.80. The molecule has 13 heavy (non-hydrogen) atoms. The minimum Gasteiger partial charge on any atom is -0.465 e. The van der Waals surface area contributed by atoms with Crippen LogP contribution in [-0.4, -0.2) is 53.1 Å². The fourth-order valence-electron chi connectivity index (χ4n) is 1.25. The third-order valence-corrected chi connectivity index (χ3v) is 2.04. The Morgan fingerprint density at radius 2 is 1.62 bits per heavy atom. The van der Waals surface area contributed by atoms with Crippen molar-refractivity contribution in [3.05, 3.63) is 12.7 Å². The zero-order valence-electron chi connectivity index (χ0n) is 7.27. The average molecular weight is 184 g/mol. The number of carboxylic acid groups (broad SMARTS) is 1. The molecule has 0 aromatic rings. The van der Waals surface area contributed by atoms with Crippen LogP contribution >= 0.6 is 0 Å². The Balaban J connectivity index is 2.43. The second kappa shape index (κ2) is 3.93. The summed E-state index contributed by atoms with van der Waals surface area (Å²) in [5.41, 5.74) is 0. The Kier molecular flexibility index (Phi) is 2.89. The summed E-state index contributed by atoms with van der Waals surface area (Å²) in [4.78, 5) is 24.5. The molecule has 5 heteroatoms. The van der Waals surface area contributed by atoms with Gasteiger partial charge in [-0.05, 0) is 6.08 Å². The predicted octanol–water partition coefficient (Wildman–Crippen LogP) is -0.00540. The van der Waals surface area contributed by atoms with Crippen LogP contribution in [-0.2, 0) is 4.79 Å². The van der Waals surface area contributed by atoms with Gasteiger partial charge in [-0.2, -0.15) is 0 Å². The first-order valence-electron chi connectivity index (χ1n) is 4.04. The van der Waals surface area contributed by atoms with Crippen molar-refractivity contribution in [1.29, 1.82) is 0 Å². The number of piperazine rings is 1. The molecule has 0 aliphatic carbocycles. The molecule has 0 unspecified atom stereocenters. The molecule has 2 amide bonds. The molecular weight excluding hydrogens is 172 g/mol. The maximum absolute atomic E-state index is 11.1. The lowest BCUT2D eigenvalue weighted by Gasteiger charge is -2.32. The largest absolute Gasteiger partial charge is 0.465 e. The van der Waals surface area contributed by atoms with Crippen LogP contribution in [0.1, 0.15) is 0 Å². The molecule has 1 N–H and O–H groups in total. The van der Waals surface area contributed by atoms with Gasteiger partial charge in [-0.15, -0.1) is 0 Å². The molecule has 1 heterocycles. The lowest BCUT2D eigenvalue weighted by Crippen LogP contribution is -2.49. The van der Waals surface area contributed by atoms with Gasteiger partial charge in [-0.25, -0.2) is 4.79 Å². The molecule has 1 fully saturated rings. The Hall–Kier alpha value is -1.52. The van der Waals surface area contributed by atoms with Crippen LogP contribution in [0.2, 0.25) is 0 Å². The molecule has 0 spiro atoms. The highest BCUT2D eigenvalue weighted by Gasteiger charge is 2.21. The van der Waals surface area contributed by atoms with Crippen molar-refractivity contribution in [3.63, 3.8) is 0 Å². The lowest BCUT2D eigenvalue weighted by molar-refractivity contribution is -0.127. The van der Waals surface area contributed by atoms with Gasteiger partial charge in [-0.3, -0.25) is 4.79 Å². The second-order valence-electron chi connectivity index (χ2n) is 2.80. The van der Waals surface area contributed by atoms with Crippen molar-refractivity contribution in [1.82, 2.24) is 9.80 Å². The van der Waals surface area contributed by atoms with E-state index in [-0.39, 0.29) is 5.91 Å². The van der Waals surface area contributed by atoms with Gasteiger partial charge in [0.1, 0.15) is 0 Å². The molecule has 1 aliphatic rings. The molecule has 0 aromatic heterocycles. The first-order valence-corrected chi connectivity index (χ1v) is 4.04. The number of hydrogen-bond donors (Lipinski definition) is 1. The molecule has 1 saturated heterocycles. The monoisotopic (exact) mass is 184 g/mol. The normalized spacial score (nSPS) is 16.9. The summed E-state index contributed by atoms with van der Waals surface area (Å²) in [6.07, 6.45) is 0.321. The Morgan fingerprint density at radius 3 is 2.00 bits per heavy atom. The quantitative estimate of drug-likeness (QED) is 0.583. The van der Waals surface area contributed by atoms with Crippen molar-refractivity contribution in [2.45, 2.75) is 0 Å². The Labute approximate surface area is 76.2 Å². The number of nitrogens with zero attached hydrogens (tertiary/aromatic N) is 2. The number of hydrogen-bond acceptors (Lipinski definition) is 2. The fourth-order valence-corrected chi connectivity index (χ4v) is 1.25. The van der Waals surface area contributed by atoms with Gasteiger partial charge in [0.15, 0.2) is 0 Å². The highest BCUT2D eigenvalue weighted by molar-refractivity contribution is 5.87. The van der Waals surface area contributed by atoms with E-state index >= 15 is 0 Å². The van der Waals surface area contributed by atoms with E-state index in [1.54, 1.807) is 4.90 Å². The maximum atomic E-state index is 11.1.